The number of benzene rings is 2. The first-order chi connectivity index (χ1) is 16.4. The molecule has 4 rings (SSSR count). The van der Waals surface area contributed by atoms with Crippen molar-refractivity contribution in [3.8, 4) is 0 Å². The molecule has 1 N–H and O–H groups in total. The lowest BCUT2D eigenvalue weighted by atomic mass is 10.2. The van der Waals surface area contributed by atoms with E-state index in [1.165, 1.54) is 33.7 Å². The summed E-state index contributed by atoms with van der Waals surface area (Å²) in [5.41, 5.74) is 2.21. The van der Waals surface area contributed by atoms with Gasteiger partial charge < -0.3 is 10.1 Å². The van der Waals surface area contributed by atoms with Gasteiger partial charge in [-0.3, -0.25) is 9.59 Å². The zero-order chi connectivity index (χ0) is 24.1. The molecule has 0 aliphatic heterocycles. The van der Waals surface area contributed by atoms with E-state index in [4.69, 9.17) is 4.74 Å². The molecule has 174 valence electrons. The molecule has 0 spiro atoms. The maximum atomic E-state index is 12.7. The number of nitrogens with zero attached hydrogens (tertiary/aromatic N) is 3. The molecule has 10 heteroatoms. The number of nitrogens with one attached hydrogen (secondary N) is 1. The summed E-state index contributed by atoms with van der Waals surface area (Å²) >= 11 is 2.58. The molecule has 0 unspecified atom stereocenters. The predicted octanol–water partition coefficient (Wildman–Crippen LogP) is 4.11. The molecule has 0 bridgehead atoms. The van der Waals surface area contributed by atoms with Gasteiger partial charge in [-0.2, -0.15) is 9.61 Å². The van der Waals surface area contributed by atoms with Gasteiger partial charge in [0.05, 0.1) is 17.0 Å². The minimum Gasteiger partial charge on any atom is -0.456 e. The Labute approximate surface area is 204 Å². The Kier molecular flexibility index (Phi) is 7.39. The molecule has 34 heavy (non-hydrogen) atoms. The number of hydrogen-bond donors (Lipinski definition) is 1. The number of carbonyl (C=O) groups is 2. The van der Waals surface area contributed by atoms with Crippen LogP contribution in [0.5, 0.6) is 0 Å². The van der Waals surface area contributed by atoms with Gasteiger partial charge in [0, 0.05) is 16.6 Å². The summed E-state index contributed by atoms with van der Waals surface area (Å²) in [7, 11) is 0. The first-order valence-electron chi connectivity index (χ1n) is 10.6. The van der Waals surface area contributed by atoms with Crippen LogP contribution in [0, 0.1) is 6.92 Å². The first-order valence-corrected chi connectivity index (χ1v) is 12.4. The monoisotopic (exact) mass is 494 g/mol. The molecule has 4 aromatic rings. The van der Waals surface area contributed by atoms with Gasteiger partial charge in [0.1, 0.15) is 11.6 Å². The van der Waals surface area contributed by atoms with Crippen molar-refractivity contribution < 1.29 is 14.3 Å². The number of carbonyl (C=O) groups excluding carboxylic acids is 2. The van der Waals surface area contributed by atoms with E-state index in [0.717, 1.165) is 16.3 Å². The van der Waals surface area contributed by atoms with Crippen LogP contribution in [0.2, 0.25) is 0 Å². The van der Waals surface area contributed by atoms with Gasteiger partial charge in [-0.1, -0.05) is 48.1 Å². The van der Waals surface area contributed by atoms with Gasteiger partial charge in [0.2, 0.25) is 10.9 Å². The SMILES string of the molecule is CCc1nn2c(=O)cc(COC(=O)c3ccccc3SCC(=O)Nc3ccc(C)cc3)nc2s1. The molecular formula is C24H22N4O4S2. The summed E-state index contributed by atoms with van der Waals surface area (Å²) in [5.74, 6) is -0.591. The second-order valence-corrected chi connectivity index (χ2v) is 9.46. The lowest BCUT2D eigenvalue weighted by Crippen LogP contribution is -2.17. The Hall–Kier alpha value is -3.50. The summed E-state index contributed by atoms with van der Waals surface area (Å²) in [5, 5.41) is 7.85. The maximum Gasteiger partial charge on any atom is 0.339 e. The Bertz CT molecular complexity index is 1400. The highest BCUT2D eigenvalue weighted by Crippen LogP contribution is 2.24. The summed E-state index contributed by atoms with van der Waals surface area (Å²) in [4.78, 5) is 42.8. The van der Waals surface area contributed by atoms with Crippen LogP contribution in [0.25, 0.3) is 4.96 Å². The van der Waals surface area contributed by atoms with E-state index in [1.54, 1.807) is 24.3 Å². The van der Waals surface area contributed by atoms with Crippen LogP contribution in [-0.4, -0.2) is 32.2 Å². The van der Waals surface area contributed by atoms with E-state index in [-0.39, 0.29) is 23.8 Å². The lowest BCUT2D eigenvalue weighted by molar-refractivity contribution is -0.113. The number of fused-ring (bicyclic) bond motifs is 1. The Morgan fingerprint density at radius 3 is 2.68 bits per heavy atom. The number of esters is 1. The van der Waals surface area contributed by atoms with Crippen molar-refractivity contribution in [3.63, 3.8) is 0 Å². The minimum atomic E-state index is -0.553. The predicted molar refractivity (Wildman–Crippen MR) is 133 cm³/mol. The van der Waals surface area contributed by atoms with Crippen LogP contribution in [0.15, 0.2) is 64.3 Å². The second-order valence-electron chi connectivity index (χ2n) is 7.40. The van der Waals surface area contributed by atoms with Crippen LogP contribution >= 0.6 is 23.1 Å². The molecule has 8 nitrogen and oxygen atoms in total. The number of anilines is 1. The van der Waals surface area contributed by atoms with Crippen LogP contribution in [-0.2, 0) is 22.6 Å². The summed E-state index contributed by atoms with van der Waals surface area (Å²) in [6.45, 7) is 3.79. The summed E-state index contributed by atoms with van der Waals surface area (Å²) in [6, 6.07) is 15.8. The molecule has 0 radical (unpaired) electrons. The quantitative estimate of drug-likeness (QED) is 0.290. The van der Waals surface area contributed by atoms with Gasteiger partial charge in [0.15, 0.2) is 0 Å². The Balaban J connectivity index is 1.39. The number of aryl methyl sites for hydroxylation is 2. The third-order valence-electron chi connectivity index (χ3n) is 4.79. The van der Waals surface area contributed by atoms with Crippen molar-refractivity contribution in [2.75, 3.05) is 11.1 Å². The van der Waals surface area contributed by atoms with E-state index >= 15 is 0 Å². The van der Waals surface area contributed by atoms with Crippen molar-refractivity contribution in [2.45, 2.75) is 31.8 Å². The van der Waals surface area contributed by atoms with Crippen LogP contribution in [0.4, 0.5) is 5.69 Å². The first kappa shape index (κ1) is 23.7. The highest BCUT2D eigenvalue weighted by Gasteiger charge is 2.16. The van der Waals surface area contributed by atoms with Crippen molar-refractivity contribution in [1.82, 2.24) is 14.6 Å². The highest BCUT2D eigenvalue weighted by molar-refractivity contribution is 8.00. The molecule has 2 heterocycles. The van der Waals surface area contributed by atoms with Crippen LogP contribution in [0.3, 0.4) is 0 Å². The second kappa shape index (κ2) is 10.6. The van der Waals surface area contributed by atoms with Gasteiger partial charge in [-0.15, -0.1) is 11.8 Å². The Morgan fingerprint density at radius 2 is 1.91 bits per heavy atom. The van der Waals surface area contributed by atoms with E-state index in [2.05, 4.69) is 15.4 Å². The van der Waals surface area contributed by atoms with E-state index in [1.807, 2.05) is 38.1 Å². The van der Waals surface area contributed by atoms with Crippen molar-refractivity contribution in [1.29, 1.82) is 0 Å². The molecule has 2 aromatic heterocycles. The van der Waals surface area contributed by atoms with Gasteiger partial charge >= 0.3 is 5.97 Å². The molecule has 0 fully saturated rings. The van der Waals surface area contributed by atoms with Crippen LogP contribution < -0.4 is 10.9 Å². The smallest absolute Gasteiger partial charge is 0.339 e. The maximum absolute atomic E-state index is 12.7. The molecule has 0 aliphatic rings. The molecule has 0 atom stereocenters. The number of amides is 1. The minimum absolute atomic E-state index is 0.137. The molecule has 2 aromatic carbocycles. The average molecular weight is 495 g/mol. The van der Waals surface area contributed by atoms with E-state index < -0.39 is 5.97 Å². The third kappa shape index (κ3) is 5.70. The number of thioether (sulfide) groups is 1. The zero-order valence-corrected chi connectivity index (χ0v) is 20.2. The number of ether oxygens (including phenoxy) is 1. The van der Waals surface area contributed by atoms with Crippen LogP contribution in [0.1, 0.15) is 33.5 Å². The van der Waals surface area contributed by atoms with E-state index in [9.17, 15) is 14.4 Å². The molecule has 0 saturated heterocycles. The highest BCUT2D eigenvalue weighted by atomic mass is 32.2. The van der Waals surface area contributed by atoms with Crippen molar-refractivity contribution in [3.05, 3.63) is 86.8 Å². The molecule has 0 aliphatic carbocycles. The number of rotatable bonds is 8. The van der Waals surface area contributed by atoms with Gasteiger partial charge in [0.25, 0.3) is 5.56 Å². The molecule has 0 saturated carbocycles. The summed E-state index contributed by atoms with van der Waals surface area (Å²) in [6.07, 6.45) is 0.704. The van der Waals surface area contributed by atoms with Gasteiger partial charge in [-0.25, -0.2) is 9.78 Å². The normalized spacial score (nSPS) is 10.9. The molecular weight excluding hydrogens is 472 g/mol. The third-order valence-corrected chi connectivity index (χ3v) is 6.92. The Morgan fingerprint density at radius 1 is 1.15 bits per heavy atom. The standard InChI is InChI=1S/C24H22N4O4S2/c1-3-21-27-28-22(30)12-17(26-24(28)34-21)13-32-23(31)18-6-4-5-7-19(18)33-14-20(29)25-16-10-8-15(2)9-11-16/h4-12H,3,13-14H2,1-2H3,(H,25,29). The number of hydrogen-bond acceptors (Lipinski definition) is 8. The zero-order valence-electron chi connectivity index (χ0n) is 18.6. The topological polar surface area (TPSA) is 103 Å². The number of aromatic nitrogens is 3. The van der Waals surface area contributed by atoms with Crippen molar-refractivity contribution >= 4 is 45.6 Å². The summed E-state index contributed by atoms with van der Waals surface area (Å²) < 4.78 is 6.68. The van der Waals surface area contributed by atoms with Crippen molar-refractivity contribution in [2.24, 2.45) is 0 Å². The van der Waals surface area contributed by atoms with E-state index in [0.29, 0.717) is 27.5 Å². The fourth-order valence-electron chi connectivity index (χ4n) is 3.07. The fourth-order valence-corrected chi connectivity index (χ4v) is 4.77. The average Bonchev–Trinajstić information content (AvgIpc) is 3.27. The fraction of sp³-hybridized carbons (Fsp3) is 0.208. The molecule has 1 amide bonds. The lowest BCUT2D eigenvalue weighted by Gasteiger charge is -2.10. The van der Waals surface area contributed by atoms with Gasteiger partial charge in [-0.05, 0) is 37.6 Å². The largest absolute Gasteiger partial charge is 0.456 e.